The maximum absolute atomic E-state index is 3.69. The van der Waals surface area contributed by atoms with Crippen molar-refractivity contribution in [2.24, 2.45) is 5.92 Å². The maximum Gasteiger partial charge on any atom is 0.0197 e. The van der Waals surface area contributed by atoms with Gasteiger partial charge in [-0.2, -0.15) is 11.8 Å². The maximum atomic E-state index is 3.69. The van der Waals surface area contributed by atoms with Crippen LogP contribution >= 0.6 is 11.8 Å². The number of nitrogens with zero attached hydrogens (tertiary/aromatic N) is 1. The van der Waals surface area contributed by atoms with Crippen LogP contribution in [0.4, 0.5) is 0 Å². The summed E-state index contributed by atoms with van der Waals surface area (Å²) in [5.41, 5.74) is 0. The molecule has 0 aromatic heterocycles. The first kappa shape index (κ1) is 16.3. The van der Waals surface area contributed by atoms with Gasteiger partial charge in [0.15, 0.2) is 0 Å². The van der Waals surface area contributed by atoms with Crippen molar-refractivity contribution in [2.45, 2.75) is 39.2 Å². The summed E-state index contributed by atoms with van der Waals surface area (Å²) in [6, 6.07) is 0.657. The fourth-order valence-electron chi connectivity index (χ4n) is 1.91. The zero-order valence-electron chi connectivity index (χ0n) is 11.8. The molecule has 1 N–H and O–H groups in total. The van der Waals surface area contributed by atoms with E-state index in [0.717, 1.165) is 12.5 Å². The average Bonchev–Trinajstić information content (AvgIpc) is 2.15. The lowest BCUT2D eigenvalue weighted by Crippen LogP contribution is -2.39. The second-order valence-corrected chi connectivity index (χ2v) is 6.23. The predicted molar refractivity (Wildman–Crippen MR) is 77.4 cm³/mol. The van der Waals surface area contributed by atoms with Crippen LogP contribution in [0.3, 0.4) is 0 Å². The summed E-state index contributed by atoms with van der Waals surface area (Å²) in [5.74, 6) is 2.08. The minimum absolute atomic E-state index is 0.657. The Morgan fingerprint density at radius 2 is 1.88 bits per heavy atom. The van der Waals surface area contributed by atoms with Gasteiger partial charge in [0.1, 0.15) is 0 Å². The van der Waals surface area contributed by atoms with Crippen LogP contribution in [-0.2, 0) is 0 Å². The highest BCUT2D eigenvalue weighted by molar-refractivity contribution is 7.98. The molecule has 0 radical (unpaired) electrons. The number of unbranched alkanes of at least 4 members (excludes halogenated alkanes) is 1. The fraction of sp³-hybridized carbons (Fsp3) is 1.00. The first-order chi connectivity index (χ1) is 7.56. The molecular weight excluding hydrogens is 216 g/mol. The summed E-state index contributed by atoms with van der Waals surface area (Å²) in [7, 11) is 4.31. The Bertz CT molecular complexity index is 139. The molecule has 0 aliphatic carbocycles. The lowest BCUT2D eigenvalue weighted by Gasteiger charge is -2.24. The summed E-state index contributed by atoms with van der Waals surface area (Å²) < 4.78 is 0. The summed E-state index contributed by atoms with van der Waals surface area (Å²) in [4.78, 5) is 2.28. The third-order valence-electron chi connectivity index (χ3n) is 2.55. The lowest BCUT2D eigenvalue weighted by molar-refractivity contribution is 0.305. The molecule has 0 bridgehead atoms. The number of thioether (sulfide) groups is 1. The minimum Gasteiger partial charge on any atom is -0.313 e. The topological polar surface area (TPSA) is 15.3 Å². The van der Waals surface area contributed by atoms with Crippen molar-refractivity contribution >= 4 is 11.8 Å². The number of nitrogens with one attached hydrogen (secondary N) is 1. The normalized spacial score (nSPS) is 13.7. The zero-order valence-corrected chi connectivity index (χ0v) is 12.6. The van der Waals surface area contributed by atoms with E-state index in [9.17, 15) is 0 Å². The molecule has 0 aromatic carbocycles. The SMILES string of the molecule is CSCCCCNC(CC(C)C)CN(C)C. The predicted octanol–water partition coefficient (Wildman–Crippen LogP) is 2.70. The van der Waals surface area contributed by atoms with Crippen molar-refractivity contribution in [3.05, 3.63) is 0 Å². The Hall–Kier alpha value is 0.270. The molecule has 0 heterocycles. The molecular formula is C13H30N2S. The van der Waals surface area contributed by atoms with Gasteiger partial charge in [0.25, 0.3) is 0 Å². The van der Waals surface area contributed by atoms with E-state index < -0.39 is 0 Å². The lowest BCUT2D eigenvalue weighted by atomic mass is 10.0. The molecule has 0 rings (SSSR count). The van der Waals surface area contributed by atoms with Gasteiger partial charge in [-0.1, -0.05) is 13.8 Å². The molecule has 3 heteroatoms. The second kappa shape index (κ2) is 10.4. The van der Waals surface area contributed by atoms with Crippen LogP contribution in [0, 0.1) is 5.92 Å². The molecule has 0 saturated carbocycles. The first-order valence-corrected chi connectivity index (χ1v) is 7.82. The van der Waals surface area contributed by atoms with Crippen LogP contribution in [0.25, 0.3) is 0 Å². The molecule has 2 nitrogen and oxygen atoms in total. The Kier molecular flexibility index (Phi) is 10.6. The monoisotopic (exact) mass is 246 g/mol. The van der Waals surface area contributed by atoms with Gasteiger partial charge in [-0.3, -0.25) is 0 Å². The molecule has 0 saturated heterocycles. The van der Waals surface area contributed by atoms with Crippen molar-refractivity contribution < 1.29 is 0 Å². The minimum atomic E-state index is 0.657. The number of likely N-dealkylation sites (N-methyl/N-ethyl adjacent to an activating group) is 1. The van der Waals surface area contributed by atoms with Gasteiger partial charge in [0.05, 0.1) is 0 Å². The first-order valence-electron chi connectivity index (χ1n) is 6.43. The largest absolute Gasteiger partial charge is 0.313 e. The van der Waals surface area contributed by atoms with Crippen molar-refractivity contribution in [1.29, 1.82) is 0 Å². The van der Waals surface area contributed by atoms with E-state index >= 15 is 0 Å². The van der Waals surface area contributed by atoms with Crippen LogP contribution in [0.5, 0.6) is 0 Å². The fourth-order valence-corrected chi connectivity index (χ4v) is 2.40. The molecule has 98 valence electrons. The third-order valence-corrected chi connectivity index (χ3v) is 3.25. The van der Waals surface area contributed by atoms with E-state index in [1.165, 1.54) is 31.6 Å². The molecule has 0 aliphatic heterocycles. The molecule has 0 spiro atoms. The summed E-state index contributed by atoms with van der Waals surface area (Å²) in [6.45, 7) is 6.93. The molecule has 1 atom stereocenters. The average molecular weight is 246 g/mol. The second-order valence-electron chi connectivity index (χ2n) is 5.24. The van der Waals surface area contributed by atoms with E-state index in [1.54, 1.807) is 0 Å². The Morgan fingerprint density at radius 1 is 1.19 bits per heavy atom. The van der Waals surface area contributed by atoms with Crippen molar-refractivity contribution in [1.82, 2.24) is 10.2 Å². The molecule has 1 unspecified atom stereocenters. The Balaban J connectivity index is 3.65. The Morgan fingerprint density at radius 3 is 2.38 bits per heavy atom. The van der Waals surface area contributed by atoms with Gasteiger partial charge in [0.2, 0.25) is 0 Å². The summed E-state index contributed by atoms with van der Waals surface area (Å²) in [5, 5.41) is 3.69. The van der Waals surface area contributed by atoms with Crippen LogP contribution < -0.4 is 5.32 Å². The van der Waals surface area contributed by atoms with E-state index in [4.69, 9.17) is 0 Å². The Labute approximate surface area is 107 Å². The highest BCUT2D eigenvalue weighted by Crippen LogP contribution is 2.06. The van der Waals surface area contributed by atoms with Gasteiger partial charge >= 0.3 is 0 Å². The highest BCUT2D eigenvalue weighted by atomic mass is 32.2. The highest BCUT2D eigenvalue weighted by Gasteiger charge is 2.10. The van der Waals surface area contributed by atoms with Crippen molar-refractivity contribution in [3.63, 3.8) is 0 Å². The van der Waals surface area contributed by atoms with Gasteiger partial charge < -0.3 is 10.2 Å². The molecule has 0 aromatic rings. The van der Waals surface area contributed by atoms with Crippen LogP contribution in [-0.4, -0.2) is 50.1 Å². The molecule has 16 heavy (non-hydrogen) atoms. The number of hydrogen-bond acceptors (Lipinski definition) is 3. The number of rotatable bonds is 10. The number of hydrogen-bond donors (Lipinski definition) is 1. The molecule has 0 amide bonds. The van der Waals surface area contributed by atoms with E-state index in [2.05, 4.69) is 44.4 Å². The van der Waals surface area contributed by atoms with Crippen LogP contribution in [0.2, 0.25) is 0 Å². The van der Waals surface area contributed by atoms with Gasteiger partial charge in [-0.15, -0.1) is 0 Å². The summed E-state index contributed by atoms with van der Waals surface area (Å²) >= 11 is 1.95. The molecule has 0 aliphatic rings. The van der Waals surface area contributed by atoms with E-state index in [0.29, 0.717) is 6.04 Å². The van der Waals surface area contributed by atoms with E-state index in [-0.39, 0.29) is 0 Å². The third kappa shape index (κ3) is 10.8. The zero-order chi connectivity index (χ0) is 12.4. The van der Waals surface area contributed by atoms with Crippen LogP contribution in [0.1, 0.15) is 33.1 Å². The summed E-state index contributed by atoms with van der Waals surface area (Å²) in [6.07, 6.45) is 6.11. The molecule has 0 fully saturated rings. The smallest absolute Gasteiger partial charge is 0.0197 e. The standard InChI is InChI=1S/C13H30N2S/c1-12(2)10-13(11-15(3)4)14-8-6-7-9-16-5/h12-14H,6-11H2,1-5H3. The van der Waals surface area contributed by atoms with Crippen molar-refractivity contribution in [2.75, 3.05) is 39.2 Å². The van der Waals surface area contributed by atoms with Crippen molar-refractivity contribution in [3.8, 4) is 0 Å². The van der Waals surface area contributed by atoms with Gasteiger partial charge in [-0.25, -0.2) is 0 Å². The van der Waals surface area contributed by atoms with Gasteiger partial charge in [-0.05, 0) is 57.8 Å². The van der Waals surface area contributed by atoms with E-state index in [1.807, 2.05) is 11.8 Å². The van der Waals surface area contributed by atoms with Crippen LogP contribution in [0.15, 0.2) is 0 Å². The van der Waals surface area contributed by atoms with Gasteiger partial charge in [0, 0.05) is 12.6 Å². The quantitative estimate of drug-likeness (QED) is 0.597.